The fourth-order valence-electron chi connectivity index (χ4n) is 3.82. The van der Waals surface area contributed by atoms with Gasteiger partial charge in [0.15, 0.2) is 0 Å². The van der Waals surface area contributed by atoms with Crippen molar-refractivity contribution in [3.63, 3.8) is 0 Å². The molecule has 2 aromatic rings. The highest BCUT2D eigenvalue weighted by atomic mass is 32.2. The lowest BCUT2D eigenvalue weighted by Gasteiger charge is -2.31. The lowest BCUT2D eigenvalue weighted by Crippen LogP contribution is -2.43. The van der Waals surface area contributed by atoms with Gasteiger partial charge < -0.3 is 5.32 Å². The van der Waals surface area contributed by atoms with E-state index in [9.17, 15) is 26.4 Å². The molecule has 0 aliphatic carbocycles. The van der Waals surface area contributed by atoms with Crippen molar-refractivity contribution in [1.29, 1.82) is 0 Å². The first-order valence-electron chi connectivity index (χ1n) is 10.0. The minimum atomic E-state index is -4.62. The summed E-state index contributed by atoms with van der Waals surface area (Å²) in [5.74, 6) is -0.494. The molecule has 1 heterocycles. The molecule has 0 bridgehead atoms. The third-order valence-corrected chi connectivity index (χ3v) is 7.53. The predicted octanol–water partition coefficient (Wildman–Crippen LogP) is 4.29. The summed E-state index contributed by atoms with van der Waals surface area (Å²) >= 11 is 0. The summed E-state index contributed by atoms with van der Waals surface area (Å²) in [6.07, 6.45) is -4.00. The Morgan fingerprint density at radius 1 is 1.10 bits per heavy atom. The van der Waals surface area contributed by atoms with E-state index in [4.69, 9.17) is 0 Å². The monoisotopic (exact) mass is 454 g/mol. The second-order valence-electron chi connectivity index (χ2n) is 7.79. The summed E-state index contributed by atoms with van der Waals surface area (Å²) in [6, 6.07) is 11.3. The molecule has 1 N–H and O–H groups in total. The molecule has 0 saturated carbocycles. The number of hydrogen-bond donors (Lipinski definition) is 1. The second-order valence-corrected chi connectivity index (χ2v) is 9.73. The fraction of sp³-hybridized carbons (Fsp3) is 0.409. The number of amides is 1. The summed E-state index contributed by atoms with van der Waals surface area (Å²) < 4.78 is 65.6. The minimum absolute atomic E-state index is 0.0788. The Morgan fingerprint density at radius 3 is 2.35 bits per heavy atom. The number of piperidine rings is 1. The Labute approximate surface area is 180 Å². The molecule has 3 rings (SSSR count). The molecule has 1 atom stereocenters. The molecule has 9 heteroatoms. The van der Waals surface area contributed by atoms with Gasteiger partial charge >= 0.3 is 6.18 Å². The van der Waals surface area contributed by atoms with Gasteiger partial charge in [-0.05, 0) is 56.0 Å². The molecular weight excluding hydrogens is 429 g/mol. The van der Waals surface area contributed by atoms with E-state index in [0.29, 0.717) is 18.9 Å². The van der Waals surface area contributed by atoms with Crippen LogP contribution in [0.4, 0.5) is 13.2 Å². The van der Waals surface area contributed by atoms with Crippen molar-refractivity contribution in [1.82, 2.24) is 9.62 Å². The highest BCUT2D eigenvalue weighted by molar-refractivity contribution is 7.89. The van der Waals surface area contributed by atoms with Gasteiger partial charge in [-0.15, -0.1) is 0 Å². The smallest absolute Gasteiger partial charge is 0.349 e. The number of sulfonamides is 1. The van der Waals surface area contributed by atoms with E-state index in [2.05, 4.69) is 5.32 Å². The Bertz CT molecular complexity index is 1050. The number of carbonyl (C=O) groups is 1. The van der Waals surface area contributed by atoms with E-state index in [0.717, 1.165) is 33.6 Å². The molecular formula is C22H25F3N2O3S. The Kier molecular flexibility index (Phi) is 6.76. The first kappa shape index (κ1) is 23.3. The zero-order valence-electron chi connectivity index (χ0n) is 17.3. The number of benzene rings is 2. The molecule has 1 amide bonds. The topological polar surface area (TPSA) is 66.5 Å². The predicted molar refractivity (Wildman–Crippen MR) is 111 cm³/mol. The summed E-state index contributed by atoms with van der Waals surface area (Å²) in [5, 5.41) is 2.98. The molecule has 0 aromatic heterocycles. The Hall–Kier alpha value is -2.39. The van der Waals surface area contributed by atoms with Gasteiger partial charge in [-0.1, -0.05) is 30.3 Å². The van der Waals surface area contributed by atoms with Crippen molar-refractivity contribution in [2.75, 3.05) is 13.1 Å². The molecule has 0 spiro atoms. The van der Waals surface area contributed by atoms with Gasteiger partial charge in [-0.25, -0.2) is 8.42 Å². The van der Waals surface area contributed by atoms with Crippen LogP contribution in [0.1, 0.15) is 42.5 Å². The Balaban J connectivity index is 1.63. The molecule has 5 nitrogen and oxygen atoms in total. The quantitative estimate of drug-likeness (QED) is 0.733. The fourth-order valence-corrected chi connectivity index (χ4v) is 5.34. The maximum Gasteiger partial charge on any atom is 0.416 e. The molecule has 1 unspecified atom stereocenters. The van der Waals surface area contributed by atoms with Crippen molar-refractivity contribution in [2.24, 2.45) is 5.92 Å². The zero-order chi connectivity index (χ0) is 22.8. The van der Waals surface area contributed by atoms with Gasteiger partial charge in [0.05, 0.1) is 16.5 Å². The van der Waals surface area contributed by atoms with Crippen LogP contribution < -0.4 is 5.32 Å². The first-order valence-corrected chi connectivity index (χ1v) is 11.5. The number of rotatable bonds is 5. The van der Waals surface area contributed by atoms with Gasteiger partial charge in [-0.3, -0.25) is 4.79 Å². The lowest BCUT2D eigenvalue weighted by molar-refractivity contribution is -0.137. The number of aryl methyl sites for hydroxylation is 1. The van der Waals surface area contributed by atoms with Gasteiger partial charge in [0.1, 0.15) is 0 Å². The number of alkyl halides is 3. The van der Waals surface area contributed by atoms with Gasteiger partial charge in [0.2, 0.25) is 15.9 Å². The average Bonchev–Trinajstić information content (AvgIpc) is 2.73. The minimum Gasteiger partial charge on any atom is -0.349 e. The molecule has 1 saturated heterocycles. The number of nitrogens with one attached hydrogen (secondary N) is 1. The highest BCUT2D eigenvalue weighted by Crippen LogP contribution is 2.32. The van der Waals surface area contributed by atoms with E-state index in [1.807, 2.05) is 38.1 Å². The van der Waals surface area contributed by atoms with Crippen molar-refractivity contribution < 1.29 is 26.4 Å². The SMILES string of the molecule is Cc1ccccc1C(C)NC(=O)C1CCN(S(=O)(=O)c2cccc(C(F)(F)F)c2)CC1. The van der Waals surface area contributed by atoms with Crippen LogP contribution >= 0.6 is 0 Å². The number of hydrogen-bond acceptors (Lipinski definition) is 3. The number of halogens is 3. The number of carbonyl (C=O) groups excluding carboxylic acids is 1. The second kappa shape index (κ2) is 9.00. The third kappa shape index (κ3) is 5.27. The van der Waals surface area contributed by atoms with E-state index in [-0.39, 0.29) is 31.0 Å². The molecule has 0 radical (unpaired) electrons. The zero-order valence-corrected chi connectivity index (χ0v) is 18.1. The van der Waals surface area contributed by atoms with E-state index < -0.39 is 26.7 Å². The van der Waals surface area contributed by atoms with Gasteiger partial charge in [0, 0.05) is 19.0 Å². The lowest BCUT2D eigenvalue weighted by atomic mass is 9.96. The van der Waals surface area contributed by atoms with Crippen molar-refractivity contribution in [3.8, 4) is 0 Å². The standard InChI is InChI=1S/C22H25F3N2O3S/c1-15-6-3-4-9-20(15)16(2)26-21(28)17-10-12-27(13-11-17)31(29,30)19-8-5-7-18(14-19)22(23,24)25/h3-9,14,16-17H,10-13H2,1-2H3,(H,26,28). The van der Waals surface area contributed by atoms with Crippen LogP contribution in [-0.4, -0.2) is 31.7 Å². The molecule has 1 aliphatic rings. The van der Waals surface area contributed by atoms with Crippen LogP contribution in [0.3, 0.4) is 0 Å². The van der Waals surface area contributed by atoms with Crippen LogP contribution in [0, 0.1) is 12.8 Å². The van der Waals surface area contributed by atoms with Gasteiger partial charge in [0.25, 0.3) is 0 Å². The number of nitrogens with zero attached hydrogens (tertiary/aromatic N) is 1. The van der Waals surface area contributed by atoms with Crippen LogP contribution in [0.5, 0.6) is 0 Å². The Morgan fingerprint density at radius 2 is 1.74 bits per heavy atom. The molecule has 168 valence electrons. The molecule has 1 fully saturated rings. The van der Waals surface area contributed by atoms with Crippen molar-refractivity contribution in [3.05, 3.63) is 65.2 Å². The normalized spacial score (nSPS) is 17.3. The van der Waals surface area contributed by atoms with E-state index >= 15 is 0 Å². The molecule has 31 heavy (non-hydrogen) atoms. The average molecular weight is 455 g/mol. The summed E-state index contributed by atoms with van der Waals surface area (Å²) in [6.45, 7) is 4.02. The summed E-state index contributed by atoms with van der Waals surface area (Å²) in [4.78, 5) is 12.3. The van der Waals surface area contributed by atoms with E-state index in [1.165, 1.54) is 0 Å². The van der Waals surface area contributed by atoms with Crippen molar-refractivity contribution >= 4 is 15.9 Å². The van der Waals surface area contributed by atoms with Crippen LogP contribution in [-0.2, 0) is 21.0 Å². The summed E-state index contributed by atoms with van der Waals surface area (Å²) in [7, 11) is -4.06. The highest BCUT2D eigenvalue weighted by Gasteiger charge is 2.35. The largest absolute Gasteiger partial charge is 0.416 e. The molecule has 1 aliphatic heterocycles. The third-order valence-electron chi connectivity index (χ3n) is 5.64. The maximum absolute atomic E-state index is 12.9. The van der Waals surface area contributed by atoms with Gasteiger partial charge in [-0.2, -0.15) is 17.5 Å². The van der Waals surface area contributed by atoms with Crippen LogP contribution in [0.2, 0.25) is 0 Å². The van der Waals surface area contributed by atoms with E-state index in [1.54, 1.807) is 0 Å². The first-order chi connectivity index (χ1) is 14.5. The summed E-state index contributed by atoms with van der Waals surface area (Å²) in [5.41, 5.74) is 1.07. The van der Waals surface area contributed by atoms with Crippen molar-refractivity contribution in [2.45, 2.75) is 43.8 Å². The van der Waals surface area contributed by atoms with Crippen LogP contribution in [0.25, 0.3) is 0 Å². The van der Waals surface area contributed by atoms with Crippen LogP contribution in [0.15, 0.2) is 53.4 Å². The maximum atomic E-state index is 12.9. The molecule has 2 aromatic carbocycles.